The van der Waals surface area contributed by atoms with E-state index in [1.807, 2.05) is 13.8 Å². The second-order valence-electron chi connectivity index (χ2n) is 4.87. The number of halogens is 8. The largest absolute Gasteiger partial charge is 0.416 e. The topological polar surface area (TPSA) is 0 Å². The minimum atomic E-state index is -5.31. The van der Waals surface area contributed by atoms with E-state index in [2.05, 4.69) is 0 Å². The summed E-state index contributed by atoms with van der Waals surface area (Å²) in [4.78, 5) is 0. The van der Waals surface area contributed by atoms with E-state index in [1.165, 1.54) is 0 Å². The number of hydrogen-bond donors (Lipinski definition) is 0. The molecule has 0 heterocycles. The molecule has 1 aliphatic rings. The second kappa shape index (κ2) is 5.38. The van der Waals surface area contributed by atoms with Gasteiger partial charge in [0.25, 0.3) is 5.92 Å². The van der Waals surface area contributed by atoms with Crippen LogP contribution in [0.1, 0.15) is 37.0 Å². The Morgan fingerprint density at radius 3 is 1.68 bits per heavy atom. The predicted molar refractivity (Wildman–Crippen MR) is 64.8 cm³/mol. The molecule has 1 aliphatic carbocycles. The first-order chi connectivity index (χ1) is 9.81. The zero-order chi connectivity index (χ0) is 17.6. The van der Waals surface area contributed by atoms with Gasteiger partial charge in [-0.3, -0.25) is 0 Å². The molecule has 1 aromatic carbocycles. The van der Waals surface area contributed by atoms with Crippen LogP contribution in [0.2, 0.25) is 0 Å². The van der Waals surface area contributed by atoms with Crippen molar-refractivity contribution in [3.63, 3.8) is 0 Å². The van der Waals surface area contributed by atoms with Crippen molar-refractivity contribution < 1.29 is 35.1 Å². The van der Waals surface area contributed by atoms with Gasteiger partial charge in [0.05, 0.1) is 5.56 Å². The number of aryl methyl sites for hydroxylation is 1. The normalized spacial score (nSPS) is 23.6. The van der Waals surface area contributed by atoms with Gasteiger partial charge < -0.3 is 0 Å². The van der Waals surface area contributed by atoms with Crippen molar-refractivity contribution in [2.45, 2.75) is 50.9 Å². The van der Waals surface area contributed by atoms with E-state index < -0.39 is 41.2 Å². The predicted octanol–water partition coefficient (Wildman–Crippen LogP) is 5.88. The van der Waals surface area contributed by atoms with E-state index in [0.717, 1.165) is 13.0 Å². The van der Waals surface area contributed by atoms with Crippen LogP contribution in [0.5, 0.6) is 0 Å². The summed E-state index contributed by atoms with van der Waals surface area (Å²) in [7, 11) is 0. The minimum Gasteiger partial charge on any atom is -0.205 e. The fraction of sp³-hybridized carbons (Fsp3) is 0.571. The van der Waals surface area contributed by atoms with E-state index in [9.17, 15) is 35.1 Å². The van der Waals surface area contributed by atoms with Crippen LogP contribution in [-0.4, -0.2) is 12.1 Å². The van der Waals surface area contributed by atoms with Crippen molar-refractivity contribution in [3.05, 3.63) is 34.9 Å². The molecule has 0 spiro atoms. The van der Waals surface area contributed by atoms with Gasteiger partial charge >= 0.3 is 12.4 Å². The Morgan fingerprint density at radius 1 is 0.909 bits per heavy atom. The Kier molecular flexibility index (Phi) is 4.58. The van der Waals surface area contributed by atoms with Crippen LogP contribution in [0.3, 0.4) is 0 Å². The molecule has 1 aromatic rings. The summed E-state index contributed by atoms with van der Waals surface area (Å²) in [6.07, 6.45) is -11.7. The Balaban J connectivity index is 0.00000116. The molecule has 1 unspecified atom stereocenters. The lowest BCUT2D eigenvalue weighted by atomic mass is 9.91. The molecule has 2 rings (SSSR count). The molecule has 1 fully saturated rings. The Morgan fingerprint density at radius 2 is 1.36 bits per heavy atom. The van der Waals surface area contributed by atoms with Crippen LogP contribution in [0.4, 0.5) is 35.1 Å². The van der Waals surface area contributed by atoms with Crippen molar-refractivity contribution in [2.75, 3.05) is 0 Å². The molecule has 0 nitrogen and oxygen atoms in total. The Labute approximate surface area is 122 Å². The van der Waals surface area contributed by atoms with E-state index >= 15 is 0 Å². The molecule has 0 saturated heterocycles. The first kappa shape index (κ1) is 18.7. The highest BCUT2D eigenvalue weighted by atomic mass is 19.4. The van der Waals surface area contributed by atoms with Crippen LogP contribution in [0, 0.1) is 6.92 Å². The zero-order valence-corrected chi connectivity index (χ0v) is 12.0. The maximum absolute atomic E-state index is 13.2. The molecule has 0 N–H and O–H groups in total. The highest BCUT2D eigenvalue weighted by Crippen LogP contribution is 2.69. The van der Waals surface area contributed by atoms with Gasteiger partial charge in [-0.25, -0.2) is 8.78 Å². The molecule has 0 bridgehead atoms. The van der Waals surface area contributed by atoms with E-state index in [0.29, 0.717) is 6.07 Å². The van der Waals surface area contributed by atoms with E-state index in [1.54, 1.807) is 0 Å². The average molecular weight is 334 g/mol. The van der Waals surface area contributed by atoms with Gasteiger partial charge in [0.1, 0.15) is 0 Å². The molecule has 0 amide bonds. The SMILES string of the molecule is CC.Cc1cc(C(F)(F)F)cc(C2(C(F)(F)F)CC2(F)F)c1. The van der Waals surface area contributed by atoms with Crippen molar-refractivity contribution in [3.8, 4) is 0 Å². The lowest BCUT2D eigenvalue weighted by molar-refractivity contribution is -0.182. The van der Waals surface area contributed by atoms with E-state index in [-0.39, 0.29) is 11.6 Å². The quantitative estimate of drug-likeness (QED) is 0.563. The standard InChI is InChI=1S/C12H8F8.C2H6/c1-6-2-7(4-8(3-6)11(15,16)17)9(12(18,19)20)5-10(9,13)14;1-2/h2-4H,5H2,1H3;1-2H3. The summed E-state index contributed by atoms with van der Waals surface area (Å²) >= 11 is 0. The Bertz CT molecular complexity index is 541. The summed E-state index contributed by atoms with van der Waals surface area (Å²) in [5.74, 6) is -4.08. The third kappa shape index (κ3) is 2.92. The third-order valence-electron chi connectivity index (χ3n) is 3.37. The van der Waals surface area contributed by atoms with Crippen molar-refractivity contribution >= 4 is 0 Å². The van der Waals surface area contributed by atoms with Gasteiger partial charge in [0, 0.05) is 6.42 Å². The molecule has 126 valence electrons. The highest BCUT2D eigenvalue weighted by Gasteiger charge is 2.84. The van der Waals surface area contributed by atoms with Gasteiger partial charge in [-0.05, 0) is 24.6 Å². The molecule has 1 saturated carbocycles. The fourth-order valence-electron chi connectivity index (χ4n) is 2.27. The third-order valence-corrected chi connectivity index (χ3v) is 3.37. The molecule has 8 heteroatoms. The molecule has 0 aromatic heterocycles. The first-order valence-electron chi connectivity index (χ1n) is 6.45. The molecule has 0 radical (unpaired) electrons. The highest BCUT2D eigenvalue weighted by molar-refractivity contribution is 5.45. The second-order valence-corrected chi connectivity index (χ2v) is 4.87. The van der Waals surface area contributed by atoms with Gasteiger partial charge in [-0.15, -0.1) is 0 Å². The molecular weight excluding hydrogens is 320 g/mol. The lowest BCUT2D eigenvalue weighted by Gasteiger charge is -2.22. The molecule has 1 atom stereocenters. The summed E-state index contributed by atoms with van der Waals surface area (Å²) in [6.45, 7) is 5.13. The van der Waals surface area contributed by atoms with Crippen LogP contribution >= 0.6 is 0 Å². The van der Waals surface area contributed by atoms with Crippen LogP contribution in [0.25, 0.3) is 0 Å². The summed E-state index contributed by atoms with van der Waals surface area (Å²) < 4.78 is 103. The summed E-state index contributed by atoms with van der Waals surface area (Å²) in [5.41, 5.74) is -6.06. The van der Waals surface area contributed by atoms with E-state index in [4.69, 9.17) is 0 Å². The van der Waals surface area contributed by atoms with Gasteiger partial charge in [0.15, 0.2) is 5.41 Å². The van der Waals surface area contributed by atoms with Crippen molar-refractivity contribution in [2.24, 2.45) is 0 Å². The molecular formula is C14H14F8. The van der Waals surface area contributed by atoms with Crippen LogP contribution in [0.15, 0.2) is 18.2 Å². The number of rotatable bonds is 1. The first-order valence-corrected chi connectivity index (χ1v) is 6.45. The molecule has 22 heavy (non-hydrogen) atoms. The lowest BCUT2D eigenvalue weighted by Crippen LogP contribution is -2.35. The number of hydrogen-bond acceptors (Lipinski definition) is 0. The maximum atomic E-state index is 13.2. The van der Waals surface area contributed by atoms with Gasteiger partial charge in [-0.1, -0.05) is 25.5 Å². The smallest absolute Gasteiger partial charge is 0.205 e. The summed E-state index contributed by atoms with van der Waals surface area (Å²) in [6, 6.07) is 1.50. The van der Waals surface area contributed by atoms with Crippen LogP contribution in [-0.2, 0) is 11.6 Å². The van der Waals surface area contributed by atoms with Crippen molar-refractivity contribution in [1.82, 2.24) is 0 Å². The van der Waals surface area contributed by atoms with Crippen LogP contribution < -0.4 is 0 Å². The number of alkyl halides is 8. The maximum Gasteiger partial charge on any atom is 0.416 e. The van der Waals surface area contributed by atoms with Crippen molar-refractivity contribution in [1.29, 1.82) is 0 Å². The van der Waals surface area contributed by atoms with Gasteiger partial charge in [0.2, 0.25) is 0 Å². The Hall–Kier alpha value is -1.34. The van der Waals surface area contributed by atoms with Gasteiger partial charge in [-0.2, -0.15) is 26.3 Å². The minimum absolute atomic E-state index is 0.152. The molecule has 0 aliphatic heterocycles. The summed E-state index contributed by atoms with van der Waals surface area (Å²) in [5, 5.41) is 0. The monoisotopic (exact) mass is 334 g/mol. The zero-order valence-electron chi connectivity index (χ0n) is 12.0. The average Bonchev–Trinajstić information content (AvgIpc) is 2.94. The fourth-order valence-corrected chi connectivity index (χ4v) is 2.27. The number of benzene rings is 1.